The van der Waals surface area contributed by atoms with Crippen molar-refractivity contribution in [3.05, 3.63) is 59.9 Å². The molecule has 0 aliphatic heterocycles. The van der Waals surface area contributed by atoms with Gasteiger partial charge in [-0.05, 0) is 42.5 Å². The summed E-state index contributed by atoms with van der Waals surface area (Å²) in [4.78, 5) is 4.04. The number of benzene rings is 1. The van der Waals surface area contributed by atoms with Crippen molar-refractivity contribution in [2.24, 2.45) is 5.92 Å². The molecule has 1 aromatic carbocycles. The number of pyridine rings is 1. The van der Waals surface area contributed by atoms with Gasteiger partial charge in [0.15, 0.2) is 0 Å². The van der Waals surface area contributed by atoms with Gasteiger partial charge in [-0.2, -0.15) is 17.6 Å². The Labute approximate surface area is 142 Å². The van der Waals surface area contributed by atoms with E-state index in [4.69, 9.17) is 0 Å². The second kappa shape index (κ2) is 6.63. The zero-order valence-corrected chi connectivity index (χ0v) is 13.2. The van der Waals surface area contributed by atoms with Crippen molar-refractivity contribution < 1.29 is 27.4 Å². The molecule has 1 atom stereocenters. The normalized spacial score (nSPS) is 17.8. The van der Waals surface area contributed by atoms with Gasteiger partial charge in [-0.25, -0.2) is 0 Å². The molecule has 0 amide bonds. The summed E-state index contributed by atoms with van der Waals surface area (Å²) in [5, 5.41) is 11.3. The predicted octanol–water partition coefficient (Wildman–Crippen LogP) is 4.35. The Bertz CT molecular complexity index is 705. The van der Waals surface area contributed by atoms with Crippen molar-refractivity contribution in [1.82, 2.24) is 4.98 Å². The number of nitrogens with zero attached hydrogens (tertiary/aromatic N) is 1. The summed E-state index contributed by atoms with van der Waals surface area (Å²) in [6.45, 7) is 0. The third-order valence-electron chi connectivity index (χ3n) is 4.60. The smallest absolute Gasteiger partial charge is 0.428 e. The topological polar surface area (TPSA) is 42.4 Å². The molecular formula is C18H17F4NO2. The van der Waals surface area contributed by atoms with Crippen molar-refractivity contribution in [3.63, 3.8) is 0 Å². The van der Waals surface area contributed by atoms with E-state index >= 15 is 0 Å². The third-order valence-corrected chi connectivity index (χ3v) is 4.60. The standard InChI is InChI=1S/C18H17F4NO2/c19-16(20)18(21,22)25-15-8-6-13(7-9-15)17(24,12-3-1-4-12)14-5-2-10-23-11-14/h2,5-12,16,24H,1,3-4H2. The SMILES string of the molecule is OC(c1ccc(OC(F)(F)C(F)F)cc1)(c1cccnc1)C1CCC1. The summed E-state index contributed by atoms with van der Waals surface area (Å²) in [7, 11) is 0. The molecule has 1 N–H and O–H groups in total. The fraction of sp³-hybridized carbons (Fsp3) is 0.389. The molecule has 7 heteroatoms. The second-order valence-corrected chi connectivity index (χ2v) is 6.12. The molecule has 0 spiro atoms. The van der Waals surface area contributed by atoms with E-state index in [0.717, 1.165) is 31.4 Å². The molecule has 3 nitrogen and oxygen atoms in total. The average Bonchev–Trinajstić information content (AvgIpc) is 2.54. The lowest BCUT2D eigenvalue weighted by Gasteiger charge is -2.42. The molecule has 3 rings (SSSR count). The van der Waals surface area contributed by atoms with Crippen LogP contribution in [0.1, 0.15) is 30.4 Å². The predicted molar refractivity (Wildman–Crippen MR) is 82.6 cm³/mol. The number of halogens is 4. The minimum Gasteiger partial charge on any atom is -0.428 e. The van der Waals surface area contributed by atoms with E-state index in [1.54, 1.807) is 24.5 Å². The minimum absolute atomic E-state index is 0.0222. The van der Waals surface area contributed by atoms with Crippen molar-refractivity contribution in [3.8, 4) is 5.75 Å². The van der Waals surface area contributed by atoms with E-state index in [1.165, 1.54) is 12.1 Å². The van der Waals surface area contributed by atoms with Gasteiger partial charge in [0, 0.05) is 18.0 Å². The van der Waals surface area contributed by atoms with Crippen LogP contribution in [-0.2, 0) is 5.60 Å². The van der Waals surface area contributed by atoms with Crippen LogP contribution in [0.2, 0.25) is 0 Å². The molecule has 2 aromatic rings. The first-order valence-electron chi connectivity index (χ1n) is 7.92. The second-order valence-electron chi connectivity index (χ2n) is 6.12. The van der Waals surface area contributed by atoms with E-state index < -0.39 is 23.9 Å². The molecule has 1 aliphatic carbocycles. The highest BCUT2D eigenvalue weighted by atomic mass is 19.3. The zero-order chi connectivity index (χ0) is 18.1. The van der Waals surface area contributed by atoms with E-state index in [2.05, 4.69) is 9.72 Å². The van der Waals surface area contributed by atoms with Crippen LogP contribution < -0.4 is 4.74 Å². The van der Waals surface area contributed by atoms with Crippen molar-refractivity contribution >= 4 is 0 Å². The molecular weight excluding hydrogens is 338 g/mol. The first-order valence-corrected chi connectivity index (χ1v) is 7.92. The lowest BCUT2D eigenvalue weighted by Crippen LogP contribution is -2.40. The van der Waals surface area contributed by atoms with Gasteiger partial charge in [0.05, 0.1) is 0 Å². The lowest BCUT2D eigenvalue weighted by atomic mass is 9.67. The van der Waals surface area contributed by atoms with Crippen LogP contribution in [0.4, 0.5) is 17.6 Å². The highest BCUT2D eigenvalue weighted by Crippen LogP contribution is 2.46. The van der Waals surface area contributed by atoms with Gasteiger partial charge in [-0.1, -0.05) is 24.6 Å². The molecule has 0 bridgehead atoms. The fourth-order valence-electron chi connectivity index (χ4n) is 3.03. The zero-order valence-electron chi connectivity index (χ0n) is 13.2. The molecule has 0 saturated heterocycles. The highest BCUT2D eigenvalue weighted by molar-refractivity contribution is 5.39. The summed E-state index contributed by atoms with van der Waals surface area (Å²) in [5.74, 6) is -0.415. The molecule has 1 fully saturated rings. The minimum atomic E-state index is -4.56. The molecule has 1 aliphatic rings. The molecule has 25 heavy (non-hydrogen) atoms. The van der Waals surface area contributed by atoms with Crippen molar-refractivity contribution in [2.75, 3.05) is 0 Å². The van der Waals surface area contributed by atoms with Crippen LogP contribution >= 0.6 is 0 Å². The maximum Gasteiger partial charge on any atom is 0.461 e. The van der Waals surface area contributed by atoms with Crippen LogP contribution in [0.3, 0.4) is 0 Å². The van der Waals surface area contributed by atoms with Crippen LogP contribution in [0.25, 0.3) is 0 Å². The Balaban J connectivity index is 1.90. The number of hydrogen-bond donors (Lipinski definition) is 1. The summed E-state index contributed by atoms with van der Waals surface area (Å²) in [5.41, 5.74) is -0.222. The third kappa shape index (κ3) is 3.33. The summed E-state index contributed by atoms with van der Waals surface area (Å²) in [6, 6.07) is 8.61. The van der Waals surface area contributed by atoms with E-state index in [0.29, 0.717) is 11.1 Å². The summed E-state index contributed by atoms with van der Waals surface area (Å²) < 4.78 is 54.5. The molecule has 1 aromatic heterocycles. The first-order chi connectivity index (χ1) is 11.8. The number of ether oxygens (including phenoxy) is 1. The summed E-state index contributed by atoms with van der Waals surface area (Å²) in [6.07, 6.45) is -2.68. The maximum absolute atomic E-state index is 13.0. The Morgan fingerprint density at radius 2 is 1.76 bits per heavy atom. The Morgan fingerprint density at radius 3 is 2.24 bits per heavy atom. The quantitative estimate of drug-likeness (QED) is 0.783. The summed E-state index contributed by atoms with van der Waals surface area (Å²) >= 11 is 0. The van der Waals surface area contributed by atoms with Crippen LogP contribution in [-0.4, -0.2) is 22.6 Å². The van der Waals surface area contributed by atoms with Crippen molar-refractivity contribution in [1.29, 1.82) is 0 Å². The number of aromatic nitrogens is 1. The van der Waals surface area contributed by atoms with Crippen LogP contribution in [0.15, 0.2) is 48.8 Å². The Morgan fingerprint density at radius 1 is 1.08 bits per heavy atom. The van der Waals surface area contributed by atoms with E-state index in [-0.39, 0.29) is 5.92 Å². The van der Waals surface area contributed by atoms with Gasteiger partial charge in [-0.15, -0.1) is 0 Å². The molecule has 1 unspecified atom stereocenters. The largest absolute Gasteiger partial charge is 0.461 e. The Hall–Kier alpha value is -2.15. The monoisotopic (exact) mass is 355 g/mol. The van der Waals surface area contributed by atoms with E-state index in [1.807, 2.05) is 0 Å². The molecule has 134 valence electrons. The highest BCUT2D eigenvalue weighted by Gasteiger charge is 2.45. The number of hydrogen-bond acceptors (Lipinski definition) is 3. The average molecular weight is 355 g/mol. The van der Waals surface area contributed by atoms with Gasteiger partial charge in [-0.3, -0.25) is 4.98 Å². The number of aliphatic hydroxyl groups is 1. The number of alkyl halides is 4. The molecule has 1 saturated carbocycles. The molecule has 0 radical (unpaired) electrons. The maximum atomic E-state index is 13.0. The van der Waals surface area contributed by atoms with Gasteiger partial charge < -0.3 is 9.84 Å². The van der Waals surface area contributed by atoms with E-state index in [9.17, 15) is 22.7 Å². The molecule has 1 heterocycles. The van der Waals surface area contributed by atoms with Gasteiger partial charge >= 0.3 is 12.5 Å². The van der Waals surface area contributed by atoms with Gasteiger partial charge in [0.25, 0.3) is 0 Å². The number of rotatable bonds is 6. The van der Waals surface area contributed by atoms with Crippen LogP contribution in [0.5, 0.6) is 5.75 Å². The fourth-order valence-corrected chi connectivity index (χ4v) is 3.03. The van der Waals surface area contributed by atoms with Crippen molar-refractivity contribution in [2.45, 2.75) is 37.4 Å². The first kappa shape index (κ1) is 17.7. The Kier molecular flexibility index (Phi) is 4.69. The van der Waals surface area contributed by atoms with Crippen LogP contribution in [0, 0.1) is 5.92 Å². The van der Waals surface area contributed by atoms with Gasteiger partial charge in [0.2, 0.25) is 0 Å². The lowest BCUT2D eigenvalue weighted by molar-refractivity contribution is -0.253. The van der Waals surface area contributed by atoms with Gasteiger partial charge in [0.1, 0.15) is 11.4 Å².